The van der Waals surface area contributed by atoms with Crippen LogP contribution in [0.4, 0.5) is 8.78 Å². The Morgan fingerprint density at radius 1 is 1.41 bits per heavy atom. The predicted octanol–water partition coefficient (Wildman–Crippen LogP) is 1.92. The van der Waals surface area contributed by atoms with Crippen LogP contribution in [0.5, 0.6) is 0 Å². The van der Waals surface area contributed by atoms with Crippen LogP contribution < -0.4 is 5.11 Å². The van der Waals surface area contributed by atoms with Crippen LogP contribution in [0.2, 0.25) is 5.15 Å². The molecule has 2 rings (SSSR count). The number of benzene rings is 1. The van der Waals surface area contributed by atoms with Gasteiger partial charge in [0.05, 0.1) is 18.0 Å². The number of fused-ring (bicyclic) bond motifs is 1. The zero-order chi connectivity index (χ0) is 12.6. The number of aromatic carboxylic acids is 1. The van der Waals surface area contributed by atoms with Gasteiger partial charge in [0.25, 0.3) is 6.43 Å². The average molecular weight is 259 g/mol. The molecule has 1 heterocycles. The first-order valence-electron chi connectivity index (χ1n) is 4.78. The second-order valence-corrected chi connectivity index (χ2v) is 3.83. The monoisotopic (exact) mass is 258 g/mol. The minimum Gasteiger partial charge on any atom is -0.545 e. The van der Waals surface area contributed by atoms with Gasteiger partial charge in [0.1, 0.15) is 5.15 Å². The molecule has 0 N–H and O–H groups in total. The van der Waals surface area contributed by atoms with Crippen molar-refractivity contribution in [2.75, 3.05) is 0 Å². The van der Waals surface area contributed by atoms with Crippen LogP contribution in [0.1, 0.15) is 10.4 Å². The third-order valence-electron chi connectivity index (χ3n) is 2.43. The molecule has 0 unspecified atom stereocenters. The van der Waals surface area contributed by atoms with Gasteiger partial charge in [0.2, 0.25) is 0 Å². The molecular weight excluding hydrogens is 252 g/mol. The zero-order valence-corrected chi connectivity index (χ0v) is 9.25. The Bertz CT molecular complexity index is 580. The summed E-state index contributed by atoms with van der Waals surface area (Å²) in [5.41, 5.74) is 0.111. The quantitative estimate of drug-likeness (QED) is 0.844. The van der Waals surface area contributed by atoms with E-state index < -0.39 is 18.9 Å². The Labute approximate surface area is 100 Å². The van der Waals surface area contributed by atoms with Gasteiger partial charge in [0.15, 0.2) is 0 Å². The fraction of sp³-hybridized carbons (Fsp3) is 0.182. The molecule has 0 aliphatic rings. The predicted molar refractivity (Wildman–Crippen MR) is 57.3 cm³/mol. The standard InChI is InChI=1S/C11H8ClF2NO2/c12-10-9(11(16)17)6-3-1-2-4-7(6)15(10)5-8(13)14/h1-4,8H,5H2,(H,16,17)/p-1. The summed E-state index contributed by atoms with van der Waals surface area (Å²) in [5.74, 6) is -1.47. The number of nitrogens with zero attached hydrogens (tertiary/aromatic N) is 1. The Morgan fingerprint density at radius 3 is 2.65 bits per heavy atom. The highest BCUT2D eigenvalue weighted by Gasteiger charge is 2.18. The van der Waals surface area contributed by atoms with Crippen LogP contribution in [0.15, 0.2) is 24.3 Å². The summed E-state index contributed by atoms with van der Waals surface area (Å²) in [7, 11) is 0. The van der Waals surface area contributed by atoms with E-state index in [4.69, 9.17) is 11.6 Å². The number of aromatic nitrogens is 1. The number of hydrogen-bond donors (Lipinski definition) is 0. The van der Waals surface area contributed by atoms with Crippen LogP contribution in [0.25, 0.3) is 10.9 Å². The molecule has 0 aliphatic heterocycles. The third kappa shape index (κ3) is 1.98. The molecule has 0 saturated carbocycles. The van der Waals surface area contributed by atoms with E-state index in [1.807, 2.05) is 0 Å². The molecule has 0 spiro atoms. The van der Waals surface area contributed by atoms with E-state index in [2.05, 4.69) is 0 Å². The summed E-state index contributed by atoms with van der Waals surface area (Å²) in [5, 5.41) is 11.0. The summed E-state index contributed by atoms with van der Waals surface area (Å²) in [4.78, 5) is 10.9. The van der Waals surface area contributed by atoms with Gasteiger partial charge in [-0.05, 0) is 6.07 Å². The SMILES string of the molecule is O=C([O-])c1c(Cl)n(CC(F)F)c2ccccc12. The fourth-order valence-corrected chi connectivity index (χ4v) is 2.12. The lowest BCUT2D eigenvalue weighted by Crippen LogP contribution is -2.22. The Balaban J connectivity index is 2.75. The zero-order valence-electron chi connectivity index (χ0n) is 8.49. The second-order valence-electron chi connectivity index (χ2n) is 3.47. The lowest BCUT2D eigenvalue weighted by Gasteiger charge is -2.06. The van der Waals surface area contributed by atoms with Gasteiger partial charge in [-0.1, -0.05) is 29.8 Å². The molecule has 0 saturated heterocycles. The molecule has 2 aromatic rings. The number of carboxylic acid groups (broad SMARTS) is 1. The van der Waals surface area contributed by atoms with Crippen molar-refractivity contribution in [3.05, 3.63) is 35.0 Å². The number of alkyl halides is 2. The van der Waals surface area contributed by atoms with E-state index >= 15 is 0 Å². The molecule has 90 valence electrons. The van der Waals surface area contributed by atoms with Crippen LogP contribution in [0.3, 0.4) is 0 Å². The van der Waals surface area contributed by atoms with E-state index in [-0.39, 0.29) is 10.7 Å². The molecule has 3 nitrogen and oxygen atoms in total. The first-order chi connectivity index (χ1) is 8.02. The van der Waals surface area contributed by atoms with Gasteiger partial charge in [-0.15, -0.1) is 0 Å². The van der Waals surface area contributed by atoms with Crippen LogP contribution in [-0.4, -0.2) is 17.0 Å². The van der Waals surface area contributed by atoms with Crippen molar-refractivity contribution in [1.29, 1.82) is 0 Å². The minimum atomic E-state index is -2.61. The Kier molecular flexibility index (Phi) is 3.02. The molecule has 0 amide bonds. The van der Waals surface area contributed by atoms with Gasteiger partial charge in [-0.25, -0.2) is 8.78 Å². The van der Waals surface area contributed by atoms with Crippen molar-refractivity contribution >= 4 is 28.5 Å². The number of hydrogen-bond acceptors (Lipinski definition) is 2. The van der Waals surface area contributed by atoms with Crippen LogP contribution in [-0.2, 0) is 6.54 Å². The van der Waals surface area contributed by atoms with E-state index in [1.54, 1.807) is 12.1 Å². The van der Waals surface area contributed by atoms with Gasteiger partial charge in [0, 0.05) is 10.9 Å². The smallest absolute Gasteiger partial charge is 0.256 e. The minimum absolute atomic E-state index is 0.230. The first kappa shape index (κ1) is 11.9. The van der Waals surface area contributed by atoms with Crippen molar-refractivity contribution in [2.45, 2.75) is 13.0 Å². The molecule has 0 aliphatic carbocycles. The second kappa shape index (κ2) is 4.33. The normalized spacial score (nSPS) is 11.3. The number of carbonyl (C=O) groups is 1. The molecule has 17 heavy (non-hydrogen) atoms. The topological polar surface area (TPSA) is 45.1 Å². The molecule has 0 radical (unpaired) electrons. The van der Waals surface area contributed by atoms with Crippen LogP contribution in [0, 0.1) is 0 Å². The molecule has 0 atom stereocenters. The number of para-hydroxylation sites is 1. The number of halogens is 3. The molecule has 0 fully saturated rings. The molecule has 6 heteroatoms. The van der Waals surface area contributed by atoms with Gasteiger partial charge < -0.3 is 14.5 Å². The number of carbonyl (C=O) groups excluding carboxylic acids is 1. The largest absolute Gasteiger partial charge is 0.545 e. The van der Waals surface area contributed by atoms with Crippen molar-refractivity contribution in [3.63, 3.8) is 0 Å². The van der Waals surface area contributed by atoms with Gasteiger partial charge in [-0.2, -0.15) is 0 Å². The summed E-state index contributed by atoms with van der Waals surface area (Å²) < 4.78 is 25.9. The third-order valence-corrected chi connectivity index (χ3v) is 2.83. The number of rotatable bonds is 3. The summed E-state index contributed by atoms with van der Waals surface area (Å²) in [6.07, 6.45) is -2.61. The van der Waals surface area contributed by atoms with Gasteiger partial charge >= 0.3 is 0 Å². The summed E-state index contributed by atoms with van der Waals surface area (Å²) in [6.45, 7) is -0.646. The summed E-state index contributed by atoms with van der Waals surface area (Å²) in [6, 6.07) is 6.28. The molecular formula is C11H7ClF2NO2-. The molecule has 1 aromatic carbocycles. The number of carboxylic acids is 1. The Morgan fingerprint density at radius 2 is 2.06 bits per heavy atom. The Hall–Kier alpha value is -1.62. The fourth-order valence-electron chi connectivity index (χ4n) is 1.78. The van der Waals surface area contributed by atoms with E-state index in [1.165, 1.54) is 12.1 Å². The van der Waals surface area contributed by atoms with Gasteiger partial charge in [-0.3, -0.25) is 0 Å². The first-order valence-corrected chi connectivity index (χ1v) is 5.16. The lowest BCUT2D eigenvalue weighted by molar-refractivity contribution is -0.254. The van der Waals surface area contributed by atoms with Crippen molar-refractivity contribution in [1.82, 2.24) is 4.57 Å². The van der Waals surface area contributed by atoms with Crippen molar-refractivity contribution in [3.8, 4) is 0 Å². The van der Waals surface area contributed by atoms with E-state index in [0.717, 1.165) is 4.57 Å². The van der Waals surface area contributed by atoms with Crippen molar-refractivity contribution < 1.29 is 18.7 Å². The highest BCUT2D eigenvalue weighted by molar-refractivity contribution is 6.35. The van der Waals surface area contributed by atoms with Crippen LogP contribution >= 0.6 is 11.6 Å². The maximum Gasteiger partial charge on any atom is 0.256 e. The van der Waals surface area contributed by atoms with Crippen molar-refractivity contribution in [2.24, 2.45) is 0 Å². The maximum absolute atomic E-state index is 12.4. The van der Waals surface area contributed by atoms with E-state index in [9.17, 15) is 18.7 Å². The van der Waals surface area contributed by atoms with E-state index in [0.29, 0.717) is 10.9 Å². The maximum atomic E-state index is 12.4. The molecule has 1 aromatic heterocycles. The lowest BCUT2D eigenvalue weighted by atomic mass is 10.2. The molecule has 0 bridgehead atoms. The highest BCUT2D eigenvalue weighted by Crippen LogP contribution is 2.30. The highest BCUT2D eigenvalue weighted by atomic mass is 35.5. The average Bonchev–Trinajstić information content (AvgIpc) is 2.52. The summed E-state index contributed by atoms with van der Waals surface area (Å²) >= 11 is 5.80.